The number of anilines is 1. The highest BCUT2D eigenvalue weighted by atomic mass is 35.5. The highest BCUT2D eigenvalue weighted by molar-refractivity contribution is 7.99. The van der Waals surface area contributed by atoms with Gasteiger partial charge in [-0.2, -0.15) is 13.2 Å². The van der Waals surface area contributed by atoms with Crippen LogP contribution in [0.2, 0.25) is 5.02 Å². The van der Waals surface area contributed by atoms with Crippen molar-refractivity contribution in [1.82, 2.24) is 14.8 Å². The molecule has 2 aromatic heterocycles. The fourth-order valence-corrected chi connectivity index (χ4v) is 4.17. The molecule has 0 aliphatic heterocycles. The third-order valence-electron chi connectivity index (χ3n) is 3.92. The van der Waals surface area contributed by atoms with Crippen LogP contribution in [-0.4, -0.2) is 26.4 Å². The monoisotopic (exact) mass is 472 g/mol. The van der Waals surface area contributed by atoms with Crippen molar-refractivity contribution in [3.63, 3.8) is 0 Å². The summed E-state index contributed by atoms with van der Waals surface area (Å²) in [6.07, 6.45) is -2.84. The van der Waals surface area contributed by atoms with E-state index < -0.39 is 17.6 Å². The van der Waals surface area contributed by atoms with Gasteiger partial charge in [-0.05, 0) is 31.2 Å². The number of carbonyl (C=O) groups excluding carboxylic acids is 1. The number of thioether (sulfide) groups is 1. The fourth-order valence-electron chi connectivity index (χ4n) is 2.58. The Morgan fingerprint density at radius 3 is 2.77 bits per heavy atom. The van der Waals surface area contributed by atoms with Crippen LogP contribution in [0.15, 0.2) is 47.5 Å². The third kappa shape index (κ3) is 5.24. The summed E-state index contributed by atoms with van der Waals surface area (Å²) in [5, 5.41) is 13.3. The SMILES string of the molecule is C=CCn1c(SCC(=O)Nc2cc(C(F)(F)F)ccc2Cl)nnc1-c1csc(C)c1. The molecule has 0 atom stereocenters. The predicted octanol–water partition coefficient (Wildman–Crippen LogP) is 5.90. The van der Waals surface area contributed by atoms with Gasteiger partial charge in [-0.25, -0.2) is 0 Å². The second-order valence-corrected chi connectivity index (χ2v) is 8.65. The molecule has 0 bridgehead atoms. The lowest BCUT2D eigenvalue weighted by atomic mass is 10.2. The lowest BCUT2D eigenvalue weighted by molar-refractivity contribution is -0.137. The summed E-state index contributed by atoms with van der Waals surface area (Å²) >= 11 is 8.63. The molecule has 0 fully saturated rings. The van der Waals surface area contributed by atoms with Gasteiger partial charge in [0.25, 0.3) is 0 Å². The van der Waals surface area contributed by atoms with Crippen molar-refractivity contribution in [2.24, 2.45) is 0 Å². The normalized spacial score (nSPS) is 11.5. The van der Waals surface area contributed by atoms with Crippen LogP contribution in [0.1, 0.15) is 10.4 Å². The molecule has 0 aliphatic carbocycles. The molecule has 158 valence electrons. The summed E-state index contributed by atoms with van der Waals surface area (Å²) in [4.78, 5) is 13.4. The molecule has 1 aromatic carbocycles. The van der Waals surface area contributed by atoms with Crippen LogP contribution in [0.3, 0.4) is 0 Å². The number of alkyl halides is 3. The number of carbonyl (C=O) groups is 1. The first-order chi connectivity index (χ1) is 14.2. The lowest BCUT2D eigenvalue weighted by Gasteiger charge is -2.11. The molecule has 2 heterocycles. The quantitative estimate of drug-likeness (QED) is 0.343. The van der Waals surface area contributed by atoms with Crippen molar-refractivity contribution in [2.75, 3.05) is 11.1 Å². The summed E-state index contributed by atoms with van der Waals surface area (Å²) in [5.41, 5.74) is -0.0748. The Hall–Kier alpha value is -2.30. The van der Waals surface area contributed by atoms with E-state index in [2.05, 4.69) is 22.1 Å². The van der Waals surface area contributed by atoms with Crippen molar-refractivity contribution in [1.29, 1.82) is 0 Å². The van der Waals surface area contributed by atoms with E-state index >= 15 is 0 Å². The minimum atomic E-state index is -4.53. The zero-order chi connectivity index (χ0) is 21.9. The maximum Gasteiger partial charge on any atom is 0.416 e. The van der Waals surface area contributed by atoms with E-state index in [9.17, 15) is 18.0 Å². The maximum absolute atomic E-state index is 12.9. The van der Waals surface area contributed by atoms with E-state index in [0.717, 1.165) is 40.4 Å². The van der Waals surface area contributed by atoms with Crippen LogP contribution in [0.25, 0.3) is 11.4 Å². The number of amides is 1. The first kappa shape index (κ1) is 22.4. The topological polar surface area (TPSA) is 59.8 Å². The fraction of sp³-hybridized carbons (Fsp3) is 0.211. The van der Waals surface area contributed by atoms with Crippen molar-refractivity contribution in [3.8, 4) is 11.4 Å². The maximum atomic E-state index is 12.9. The number of hydrogen-bond acceptors (Lipinski definition) is 5. The Morgan fingerprint density at radius 1 is 1.37 bits per heavy atom. The highest BCUT2D eigenvalue weighted by Crippen LogP contribution is 2.34. The molecule has 0 unspecified atom stereocenters. The van der Waals surface area contributed by atoms with Gasteiger partial charge in [0.2, 0.25) is 5.91 Å². The largest absolute Gasteiger partial charge is 0.416 e. The number of halogens is 4. The van der Waals surface area contributed by atoms with Crippen LogP contribution in [0.4, 0.5) is 18.9 Å². The number of nitrogens with one attached hydrogen (secondary N) is 1. The van der Waals surface area contributed by atoms with Gasteiger partial charge in [0.15, 0.2) is 11.0 Å². The van der Waals surface area contributed by atoms with Gasteiger partial charge in [0.05, 0.1) is 22.0 Å². The van der Waals surface area contributed by atoms with Gasteiger partial charge in [-0.3, -0.25) is 9.36 Å². The molecule has 0 saturated carbocycles. The number of rotatable bonds is 7. The Kier molecular flexibility index (Phi) is 6.89. The minimum absolute atomic E-state index is 0.0197. The van der Waals surface area contributed by atoms with Crippen LogP contribution in [0.5, 0.6) is 0 Å². The molecule has 11 heteroatoms. The van der Waals surface area contributed by atoms with Gasteiger partial charge in [-0.15, -0.1) is 28.1 Å². The van der Waals surface area contributed by atoms with Gasteiger partial charge < -0.3 is 5.32 Å². The molecule has 1 N–H and O–H groups in total. The Balaban J connectivity index is 1.72. The molecule has 30 heavy (non-hydrogen) atoms. The Labute approximate surface area is 184 Å². The summed E-state index contributed by atoms with van der Waals surface area (Å²) in [6, 6.07) is 4.76. The van der Waals surface area contributed by atoms with Crippen LogP contribution in [0, 0.1) is 6.92 Å². The van der Waals surface area contributed by atoms with Gasteiger partial charge in [0.1, 0.15) is 0 Å². The van der Waals surface area contributed by atoms with Crippen molar-refractivity contribution < 1.29 is 18.0 Å². The Bertz CT molecular complexity index is 1080. The Morgan fingerprint density at radius 2 is 2.13 bits per heavy atom. The zero-order valence-electron chi connectivity index (χ0n) is 15.7. The number of aryl methyl sites for hydroxylation is 1. The molecule has 3 aromatic rings. The molecule has 0 saturated heterocycles. The molecule has 1 amide bonds. The van der Waals surface area contributed by atoms with E-state index in [1.165, 1.54) is 0 Å². The van der Waals surface area contributed by atoms with Crippen LogP contribution in [-0.2, 0) is 17.5 Å². The van der Waals surface area contributed by atoms with Crippen molar-refractivity contribution in [2.45, 2.75) is 24.8 Å². The zero-order valence-corrected chi connectivity index (χ0v) is 18.1. The predicted molar refractivity (Wildman–Crippen MR) is 114 cm³/mol. The molecule has 0 spiro atoms. The van der Waals surface area contributed by atoms with Gasteiger partial charge in [0, 0.05) is 22.4 Å². The molecular formula is C19H16ClF3N4OS2. The van der Waals surface area contributed by atoms with Gasteiger partial charge >= 0.3 is 6.18 Å². The van der Waals surface area contributed by atoms with E-state index in [4.69, 9.17) is 11.6 Å². The summed E-state index contributed by atoms with van der Waals surface area (Å²) in [7, 11) is 0. The second-order valence-electron chi connectivity index (χ2n) is 6.18. The number of aromatic nitrogens is 3. The number of hydrogen-bond donors (Lipinski definition) is 1. The number of thiophene rings is 1. The first-order valence-electron chi connectivity index (χ1n) is 8.58. The number of benzene rings is 1. The van der Waals surface area contributed by atoms with E-state index in [0.29, 0.717) is 17.5 Å². The molecular weight excluding hydrogens is 457 g/mol. The molecule has 0 radical (unpaired) electrons. The highest BCUT2D eigenvalue weighted by Gasteiger charge is 2.31. The molecule has 0 aliphatic rings. The standard InChI is InChI=1S/C19H16ClF3N4OS2/c1-3-6-27-17(12-7-11(2)29-9-12)25-26-18(27)30-10-16(28)24-15-8-13(19(21,22)23)4-5-14(15)20/h3-5,7-9H,1,6,10H2,2H3,(H,24,28). The lowest BCUT2D eigenvalue weighted by Crippen LogP contribution is -2.16. The number of nitrogens with zero attached hydrogens (tertiary/aromatic N) is 3. The molecule has 3 rings (SSSR count). The third-order valence-corrected chi connectivity index (χ3v) is 6.08. The molecule has 5 nitrogen and oxygen atoms in total. The van der Waals surface area contributed by atoms with Crippen molar-refractivity contribution in [3.05, 3.63) is 57.8 Å². The average Bonchev–Trinajstić information content (AvgIpc) is 3.27. The smallest absolute Gasteiger partial charge is 0.324 e. The van der Waals surface area contributed by atoms with E-state index in [1.807, 2.05) is 22.9 Å². The van der Waals surface area contributed by atoms with Gasteiger partial charge in [-0.1, -0.05) is 29.4 Å². The van der Waals surface area contributed by atoms with Crippen molar-refractivity contribution >= 4 is 46.3 Å². The van der Waals surface area contributed by atoms with Crippen LogP contribution >= 0.6 is 34.7 Å². The summed E-state index contributed by atoms with van der Waals surface area (Å²) in [6.45, 7) is 6.17. The average molecular weight is 473 g/mol. The summed E-state index contributed by atoms with van der Waals surface area (Å²) in [5.74, 6) is 0.0650. The summed E-state index contributed by atoms with van der Waals surface area (Å²) < 4.78 is 40.5. The first-order valence-corrected chi connectivity index (χ1v) is 10.8. The van der Waals surface area contributed by atoms with E-state index in [1.54, 1.807) is 17.4 Å². The number of allylic oxidation sites excluding steroid dienone is 1. The van der Waals surface area contributed by atoms with E-state index in [-0.39, 0.29) is 16.5 Å². The van der Waals surface area contributed by atoms with Crippen LogP contribution < -0.4 is 5.32 Å². The minimum Gasteiger partial charge on any atom is -0.324 e. The second kappa shape index (κ2) is 9.23.